The zero-order valence-electron chi connectivity index (χ0n) is 11.8. The van der Waals surface area contributed by atoms with E-state index >= 15 is 0 Å². The fourth-order valence-electron chi connectivity index (χ4n) is 2.36. The first kappa shape index (κ1) is 16.0. The average Bonchev–Trinajstić information content (AvgIpc) is 2.47. The average molecular weight is 303 g/mol. The van der Waals surface area contributed by atoms with Gasteiger partial charge >= 0.3 is 6.18 Å². The molecule has 0 unspecified atom stereocenters. The first-order valence-electron chi connectivity index (χ1n) is 7.31. The molecule has 0 amide bonds. The van der Waals surface area contributed by atoms with Gasteiger partial charge in [-0.2, -0.15) is 13.2 Å². The Balaban J connectivity index is 1.66. The Kier molecular flexibility index (Phi) is 5.78. The molecule has 0 aliphatic heterocycles. The molecule has 1 aliphatic rings. The monoisotopic (exact) mass is 303 g/mol. The predicted octanol–water partition coefficient (Wildman–Crippen LogP) is 3.65. The topological polar surface area (TPSA) is 47.0 Å². The minimum Gasteiger partial charge on any atom is -0.378 e. The molecule has 4 nitrogen and oxygen atoms in total. The number of aromatic nitrogens is 2. The third kappa shape index (κ3) is 5.49. The molecule has 0 atom stereocenters. The van der Waals surface area contributed by atoms with Gasteiger partial charge in [0, 0.05) is 19.3 Å². The Morgan fingerprint density at radius 3 is 2.71 bits per heavy atom. The molecule has 0 bridgehead atoms. The van der Waals surface area contributed by atoms with Crippen LogP contribution in [0.25, 0.3) is 0 Å². The highest BCUT2D eigenvalue weighted by Crippen LogP contribution is 2.27. The summed E-state index contributed by atoms with van der Waals surface area (Å²) in [5, 5.41) is 2.79. The molecule has 1 heterocycles. The van der Waals surface area contributed by atoms with E-state index < -0.39 is 11.9 Å². The zero-order chi connectivity index (χ0) is 15.1. The van der Waals surface area contributed by atoms with E-state index in [4.69, 9.17) is 4.74 Å². The third-order valence-electron chi connectivity index (χ3n) is 3.46. The van der Waals surface area contributed by atoms with Crippen molar-refractivity contribution in [3.05, 3.63) is 18.0 Å². The van der Waals surface area contributed by atoms with Gasteiger partial charge < -0.3 is 10.1 Å². The maximum atomic E-state index is 12.5. The lowest BCUT2D eigenvalue weighted by molar-refractivity contribution is -0.141. The molecule has 1 aliphatic carbocycles. The molecule has 118 valence electrons. The van der Waals surface area contributed by atoms with E-state index in [2.05, 4.69) is 15.3 Å². The van der Waals surface area contributed by atoms with Crippen LogP contribution in [0.2, 0.25) is 0 Å². The molecule has 1 aromatic rings. The summed E-state index contributed by atoms with van der Waals surface area (Å²) in [6.07, 6.45) is 3.70. The molecule has 21 heavy (non-hydrogen) atoms. The van der Waals surface area contributed by atoms with E-state index in [0.29, 0.717) is 19.3 Å². The molecule has 0 aromatic carbocycles. The quantitative estimate of drug-likeness (QED) is 0.815. The number of hydrogen-bond donors (Lipinski definition) is 1. The minimum absolute atomic E-state index is 0.00231. The van der Waals surface area contributed by atoms with Gasteiger partial charge in [0.1, 0.15) is 5.69 Å². The third-order valence-corrected chi connectivity index (χ3v) is 3.46. The van der Waals surface area contributed by atoms with Crippen LogP contribution >= 0.6 is 0 Å². The lowest BCUT2D eigenvalue weighted by Gasteiger charge is -2.21. The van der Waals surface area contributed by atoms with Crippen LogP contribution in [0, 0.1) is 0 Å². The summed E-state index contributed by atoms with van der Waals surface area (Å²) < 4.78 is 43.2. The lowest BCUT2D eigenvalue weighted by Crippen LogP contribution is -2.18. The van der Waals surface area contributed by atoms with Gasteiger partial charge in [0.05, 0.1) is 6.10 Å². The smallest absolute Gasteiger partial charge is 0.378 e. The van der Waals surface area contributed by atoms with Gasteiger partial charge in [-0.1, -0.05) is 19.3 Å². The molecule has 1 aromatic heterocycles. The van der Waals surface area contributed by atoms with Gasteiger partial charge in [0.15, 0.2) is 0 Å². The fourth-order valence-corrected chi connectivity index (χ4v) is 2.36. The molecule has 0 saturated heterocycles. The maximum absolute atomic E-state index is 12.5. The summed E-state index contributed by atoms with van der Waals surface area (Å²) in [5.74, 6) is 0.00231. The normalized spacial score (nSPS) is 16.9. The second kappa shape index (κ2) is 7.59. The zero-order valence-corrected chi connectivity index (χ0v) is 11.8. The Labute approximate surface area is 122 Å². The highest BCUT2D eigenvalue weighted by molar-refractivity contribution is 5.25. The Bertz CT molecular complexity index is 434. The van der Waals surface area contributed by atoms with Crippen molar-refractivity contribution >= 4 is 5.95 Å². The van der Waals surface area contributed by atoms with E-state index in [-0.39, 0.29) is 5.95 Å². The summed E-state index contributed by atoms with van der Waals surface area (Å²) in [6.45, 7) is 1.10. The van der Waals surface area contributed by atoms with E-state index in [9.17, 15) is 13.2 Å². The molecule has 2 rings (SSSR count). The van der Waals surface area contributed by atoms with Crippen LogP contribution in [0.5, 0.6) is 0 Å². The summed E-state index contributed by atoms with van der Waals surface area (Å²) in [5.41, 5.74) is -0.932. The first-order valence-corrected chi connectivity index (χ1v) is 7.31. The van der Waals surface area contributed by atoms with E-state index in [0.717, 1.165) is 31.5 Å². The summed E-state index contributed by atoms with van der Waals surface area (Å²) >= 11 is 0. The molecule has 0 radical (unpaired) electrons. The van der Waals surface area contributed by atoms with Crippen molar-refractivity contribution in [2.45, 2.75) is 50.8 Å². The highest BCUT2D eigenvalue weighted by Gasteiger charge is 2.32. The number of ether oxygens (including phenoxy) is 1. The number of alkyl halides is 3. The van der Waals surface area contributed by atoms with Gasteiger partial charge in [-0.25, -0.2) is 9.97 Å². The standard InChI is InChI=1S/C14H20F3N3O/c15-14(16,17)12-7-9-19-13(20-12)18-8-4-10-21-11-5-2-1-3-6-11/h7,9,11H,1-6,8,10H2,(H,18,19,20). The minimum atomic E-state index is -4.44. The first-order chi connectivity index (χ1) is 10.1. The van der Waals surface area contributed by atoms with Crippen LogP contribution in [0.1, 0.15) is 44.2 Å². The van der Waals surface area contributed by atoms with Crippen LogP contribution in [-0.4, -0.2) is 29.2 Å². The second-order valence-corrected chi connectivity index (χ2v) is 5.17. The van der Waals surface area contributed by atoms with E-state index in [1.807, 2.05) is 0 Å². The summed E-state index contributed by atoms with van der Waals surface area (Å²) in [4.78, 5) is 7.22. The Morgan fingerprint density at radius 2 is 2.00 bits per heavy atom. The van der Waals surface area contributed by atoms with E-state index in [1.54, 1.807) is 0 Å². The largest absolute Gasteiger partial charge is 0.433 e. The van der Waals surface area contributed by atoms with Crippen molar-refractivity contribution < 1.29 is 17.9 Å². The molecule has 1 saturated carbocycles. The van der Waals surface area contributed by atoms with Crippen molar-refractivity contribution in [1.29, 1.82) is 0 Å². The van der Waals surface area contributed by atoms with Crippen LogP contribution in [0.4, 0.5) is 19.1 Å². The summed E-state index contributed by atoms with van der Waals surface area (Å²) in [7, 11) is 0. The molecule has 1 N–H and O–H groups in total. The number of nitrogens with zero attached hydrogens (tertiary/aromatic N) is 2. The Hall–Kier alpha value is -1.37. The molecule has 1 fully saturated rings. The van der Waals surface area contributed by atoms with Crippen molar-refractivity contribution in [2.75, 3.05) is 18.5 Å². The van der Waals surface area contributed by atoms with Gasteiger partial charge in [-0.15, -0.1) is 0 Å². The van der Waals surface area contributed by atoms with Gasteiger partial charge in [0.2, 0.25) is 5.95 Å². The second-order valence-electron chi connectivity index (χ2n) is 5.17. The highest BCUT2D eigenvalue weighted by atomic mass is 19.4. The van der Waals surface area contributed by atoms with Crippen molar-refractivity contribution in [3.8, 4) is 0 Å². The predicted molar refractivity (Wildman–Crippen MR) is 73.0 cm³/mol. The molecule has 7 heteroatoms. The molecular weight excluding hydrogens is 283 g/mol. The van der Waals surface area contributed by atoms with Gasteiger partial charge in [-0.05, 0) is 25.3 Å². The number of hydrogen-bond acceptors (Lipinski definition) is 4. The van der Waals surface area contributed by atoms with Crippen LogP contribution < -0.4 is 5.32 Å². The van der Waals surface area contributed by atoms with Gasteiger partial charge in [-0.3, -0.25) is 0 Å². The van der Waals surface area contributed by atoms with Crippen LogP contribution in [0.3, 0.4) is 0 Å². The van der Waals surface area contributed by atoms with Crippen molar-refractivity contribution in [3.63, 3.8) is 0 Å². The van der Waals surface area contributed by atoms with E-state index in [1.165, 1.54) is 19.3 Å². The lowest BCUT2D eigenvalue weighted by atomic mass is 9.98. The van der Waals surface area contributed by atoms with Gasteiger partial charge in [0.25, 0.3) is 0 Å². The number of halogens is 3. The number of anilines is 1. The van der Waals surface area contributed by atoms with Crippen LogP contribution in [0.15, 0.2) is 12.3 Å². The maximum Gasteiger partial charge on any atom is 0.433 e. The summed E-state index contributed by atoms with van der Waals surface area (Å²) in [6, 6.07) is 0.858. The van der Waals surface area contributed by atoms with Crippen LogP contribution in [-0.2, 0) is 10.9 Å². The molecule has 0 spiro atoms. The van der Waals surface area contributed by atoms with Crippen molar-refractivity contribution in [2.24, 2.45) is 0 Å². The Morgan fingerprint density at radius 1 is 1.24 bits per heavy atom. The fraction of sp³-hybridized carbons (Fsp3) is 0.714. The number of rotatable bonds is 6. The number of nitrogens with one attached hydrogen (secondary N) is 1. The SMILES string of the molecule is FC(F)(F)c1ccnc(NCCCOC2CCCCC2)n1. The molecular formula is C14H20F3N3O. The van der Waals surface area contributed by atoms with Crippen molar-refractivity contribution in [1.82, 2.24) is 9.97 Å².